The van der Waals surface area contributed by atoms with Crippen LogP contribution >= 0.6 is 0 Å². The van der Waals surface area contributed by atoms with Gasteiger partial charge in [-0.15, -0.1) is 0 Å². The monoisotopic (exact) mass is 427 g/mol. The van der Waals surface area contributed by atoms with Gasteiger partial charge in [0.1, 0.15) is 11.5 Å². The first-order valence-electron chi connectivity index (χ1n) is 10.5. The molecule has 1 aliphatic heterocycles. The molecule has 0 atom stereocenters. The summed E-state index contributed by atoms with van der Waals surface area (Å²) in [5, 5.41) is 8.91. The smallest absolute Gasteiger partial charge is 0.319 e. The van der Waals surface area contributed by atoms with Crippen LogP contribution in [0, 0.1) is 5.82 Å². The molecule has 1 aliphatic carbocycles. The Kier molecular flexibility index (Phi) is 5.88. The number of halogens is 1. The number of anilines is 4. The van der Waals surface area contributed by atoms with E-state index in [0.29, 0.717) is 31.3 Å². The minimum atomic E-state index is -0.348. The van der Waals surface area contributed by atoms with Crippen molar-refractivity contribution < 1.29 is 14.0 Å². The van der Waals surface area contributed by atoms with Crippen molar-refractivity contribution in [3.8, 4) is 0 Å². The summed E-state index contributed by atoms with van der Waals surface area (Å²) in [5.74, 6) is 0.975. The fraction of sp³-hybridized carbons (Fsp3) is 0.429. The summed E-state index contributed by atoms with van der Waals surface area (Å²) in [6.45, 7) is 5.50. The molecule has 2 aliphatic rings. The van der Waals surface area contributed by atoms with Gasteiger partial charge in [0.25, 0.3) is 0 Å². The van der Waals surface area contributed by atoms with E-state index in [4.69, 9.17) is 0 Å². The molecule has 0 saturated heterocycles. The lowest BCUT2D eigenvalue weighted by atomic mass is 9.87. The molecule has 3 N–H and O–H groups in total. The van der Waals surface area contributed by atoms with Crippen molar-refractivity contribution in [3.05, 3.63) is 36.3 Å². The van der Waals surface area contributed by atoms with Crippen molar-refractivity contribution in [2.45, 2.75) is 38.8 Å². The number of aromatic nitrogens is 2. The van der Waals surface area contributed by atoms with Crippen LogP contribution in [0.1, 0.15) is 26.7 Å². The molecule has 1 saturated carbocycles. The highest BCUT2D eigenvalue weighted by molar-refractivity contribution is 6.02. The van der Waals surface area contributed by atoms with E-state index in [2.05, 4.69) is 25.9 Å². The van der Waals surface area contributed by atoms with Gasteiger partial charge in [0.2, 0.25) is 11.9 Å². The second kappa shape index (κ2) is 8.75. The Morgan fingerprint density at radius 2 is 1.90 bits per heavy atom. The fourth-order valence-electron chi connectivity index (χ4n) is 3.85. The average Bonchev–Trinajstić information content (AvgIpc) is 2.73. The normalized spacial score (nSPS) is 20.0. The number of carbonyl (C=O) groups excluding carboxylic acids is 2. The van der Waals surface area contributed by atoms with Crippen LogP contribution in [0.2, 0.25) is 0 Å². The summed E-state index contributed by atoms with van der Waals surface area (Å²) in [5.41, 5.74) is 1.27. The number of rotatable bonds is 6. The lowest BCUT2D eigenvalue weighted by Crippen LogP contribution is -2.51. The minimum absolute atomic E-state index is 0.0379. The molecule has 9 nitrogen and oxygen atoms in total. The molecule has 31 heavy (non-hydrogen) atoms. The first-order valence-corrected chi connectivity index (χ1v) is 10.5. The predicted molar refractivity (Wildman–Crippen MR) is 117 cm³/mol. The molecule has 0 spiro atoms. The fourth-order valence-corrected chi connectivity index (χ4v) is 3.85. The molecule has 3 amide bonds. The molecule has 10 heteroatoms. The zero-order chi connectivity index (χ0) is 22.0. The van der Waals surface area contributed by atoms with Gasteiger partial charge >= 0.3 is 6.03 Å². The highest BCUT2D eigenvalue weighted by atomic mass is 19.1. The Morgan fingerprint density at radius 3 is 2.58 bits per heavy atom. The number of fused-ring (bicyclic) bond motifs is 1. The van der Waals surface area contributed by atoms with Gasteiger partial charge in [0, 0.05) is 30.9 Å². The summed E-state index contributed by atoms with van der Waals surface area (Å²) < 4.78 is 12.9. The molecule has 0 unspecified atom stereocenters. The third-order valence-corrected chi connectivity index (χ3v) is 5.57. The maximum Gasteiger partial charge on any atom is 0.319 e. The van der Waals surface area contributed by atoms with Crippen LogP contribution in [-0.4, -0.2) is 53.6 Å². The van der Waals surface area contributed by atoms with Crippen LogP contribution in [0.25, 0.3) is 0 Å². The van der Waals surface area contributed by atoms with Crippen molar-refractivity contribution in [1.29, 1.82) is 0 Å². The highest BCUT2D eigenvalue weighted by Crippen LogP contribution is 2.32. The minimum Gasteiger partial charge on any atom is -0.351 e. The quantitative estimate of drug-likeness (QED) is 0.655. The van der Waals surface area contributed by atoms with E-state index in [9.17, 15) is 14.0 Å². The third kappa shape index (κ3) is 4.52. The number of nitrogens with zero attached hydrogens (tertiary/aromatic N) is 4. The number of amides is 3. The van der Waals surface area contributed by atoms with Gasteiger partial charge in [-0.3, -0.25) is 4.79 Å². The Balaban J connectivity index is 1.31. The molecule has 2 aromatic rings. The Bertz CT molecular complexity index is 963. The standard InChI is InChI=1S/C21H26FN7O2/c1-3-28-12-18(30)29(4-2)17-11-23-20(27-19(17)28)24-15-9-16(10-15)26-21(31)25-14-7-5-13(22)6-8-14/h5-8,11,15-16H,3-4,9-10,12H2,1-2H3,(H,23,24,27)(H2,25,26,31). The highest BCUT2D eigenvalue weighted by Gasteiger charge is 2.33. The van der Waals surface area contributed by atoms with Gasteiger partial charge in [-0.25, -0.2) is 14.2 Å². The summed E-state index contributed by atoms with van der Waals surface area (Å²) >= 11 is 0. The van der Waals surface area contributed by atoms with Crippen molar-refractivity contribution in [2.24, 2.45) is 0 Å². The first-order chi connectivity index (χ1) is 15.0. The van der Waals surface area contributed by atoms with E-state index in [1.54, 1.807) is 11.1 Å². The van der Waals surface area contributed by atoms with E-state index in [1.165, 1.54) is 24.3 Å². The third-order valence-electron chi connectivity index (χ3n) is 5.57. The number of nitrogens with one attached hydrogen (secondary N) is 3. The van der Waals surface area contributed by atoms with Gasteiger partial charge in [-0.05, 0) is 51.0 Å². The van der Waals surface area contributed by atoms with Crippen molar-refractivity contribution in [2.75, 3.05) is 40.1 Å². The Labute approximate surface area is 180 Å². The van der Waals surface area contributed by atoms with Crippen molar-refractivity contribution in [1.82, 2.24) is 15.3 Å². The molecule has 4 rings (SSSR count). The molecule has 0 bridgehead atoms. The summed E-state index contributed by atoms with van der Waals surface area (Å²) in [6.07, 6.45) is 3.18. The first kappa shape index (κ1) is 20.8. The Morgan fingerprint density at radius 1 is 1.16 bits per heavy atom. The lowest BCUT2D eigenvalue weighted by molar-refractivity contribution is -0.117. The van der Waals surface area contributed by atoms with E-state index in [0.717, 1.165) is 24.3 Å². The van der Waals surface area contributed by atoms with E-state index in [-0.39, 0.29) is 29.8 Å². The van der Waals surface area contributed by atoms with Gasteiger partial charge in [-0.2, -0.15) is 4.98 Å². The van der Waals surface area contributed by atoms with E-state index >= 15 is 0 Å². The zero-order valence-electron chi connectivity index (χ0n) is 17.6. The average molecular weight is 427 g/mol. The largest absolute Gasteiger partial charge is 0.351 e. The number of likely N-dealkylation sites (N-methyl/N-ethyl adjacent to an activating group) is 2. The second-order valence-corrected chi connectivity index (χ2v) is 7.67. The molecule has 0 radical (unpaired) electrons. The number of urea groups is 1. The maximum absolute atomic E-state index is 12.9. The summed E-state index contributed by atoms with van der Waals surface area (Å²) in [4.78, 5) is 37.1. The second-order valence-electron chi connectivity index (χ2n) is 7.67. The molecule has 1 aromatic carbocycles. The maximum atomic E-state index is 12.9. The topological polar surface area (TPSA) is 102 Å². The lowest BCUT2D eigenvalue weighted by Gasteiger charge is -2.37. The van der Waals surface area contributed by atoms with Crippen LogP contribution in [0.5, 0.6) is 0 Å². The molecular weight excluding hydrogens is 401 g/mol. The van der Waals surface area contributed by atoms with Crippen LogP contribution in [0.4, 0.5) is 32.3 Å². The zero-order valence-corrected chi connectivity index (χ0v) is 17.6. The molecule has 1 fully saturated rings. The number of benzene rings is 1. The summed E-state index contributed by atoms with van der Waals surface area (Å²) in [7, 11) is 0. The van der Waals surface area contributed by atoms with Crippen LogP contribution in [0.3, 0.4) is 0 Å². The molecule has 164 valence electrons. The van der Waals surface area contributed by atoms with Gasteiger partial charge in [0.05, 0.1) is 12.7 Å². The van der Waals surface area contributed by atoms with Crippen LogP contribution in [-0.2, 0) is 4.79 Å². The van der Waals surface area contributed by atoms with Crippen LogP contribution < -0.4 is 25.8 Å². The van der Waals surface area contributed by atoms with Crippen LogP contribution in [0.15, 0.2) is 30.5 Å². The molecule has 1 aromatic heterocycles. The van der Waals surface area contributed by atoms with Crippen molar-refractivity contribution in [3.63, 3.8) is 0 Å². The van der Waals surface area contributed by atoms with Crippen molar-refractivity contribution >= 4 is 35.1 Å². The number of carbonyl (C=O) groups is 2. The van der Waals surface area contributed by atoms with E-state index < -0.39 is 0 Å². The summed E-state index contributed by atoms with van der Waals surface area (Å²) in [6, 6.07) is 5.50. The van der Waals surface area contributed by atoms with Gasteiger partial charge in [-0.1, -0.05) is 0 Å². The Hall–Kier alpha value is -3.43. The molecule has 2 heterocycles. The predicted octanol–water partition coefficient (Wildman–Crippen LogP) is 2.57. The molecular formula is C21H26FN7O2. The number of hydrogen-bond donors (Lipinski definition) is 3. The van der Waals surface area contributed by atoms with E-state index in [1.807, 2.05) is 18.7 Å². The van der Waals surface area contributed by atoms with Gasteiger partial charge in [0.15, 0.2) is 5.82 Å². The van der Waals surface area contributed by atoms with Gasteiger partial charge < -0.3 is 25.8 Å². The SMILES string of the molecule is CCN1CC(=O)N(CC)c2cnc(NC3CC(NC(=O)Nc4ccc(F)cc4)C3)nc21. The number of hydrogen-bond acceptors (Lipinski definition) is 6.